The molecule has 0 heterocycles. The van der Waals surface area contributed by atoms with Crippen molar-refractivity contribution in [3.8, 4) is 0 Å². The van der Waals surface area contributed by atoms with Crippen molar-refractivity contribution in [1.29, 1.82) is 0 Å². The van der Waals surface area contributed by atoms with Crippen molar-refractivity contribution in [3.05, 3.63) is 34.3 Å². The highest BCUT2D eigenvalue weighted by atomic mass is 79.9. The van der Waals surface area contributed by atoms with E-state index in [1.165, 1.54) is 5.56 Å². The Hall–Kier alpha value is -0.420. The molecule has 0 fully saturated rings. The maximum absolute atomic E-state index is 10.1. The molecular formula is C15H24BrNO2. The van der Waals surface area contributed by atoms with Gasteiger partial charge in [0.05, 0.1) is 5.60 Å². The Labute approximate surface area is 124 Å². The highest BCUT2D eigenvalue weighted by Gasteiger charge is 2.20. The number of ether oxygens (including phenoxy) is 1. The van der Waals surface area contributed by atoms with Crippen molar-refractivity contribution in [2.24, 2.45) is 0 Å². The molecule has 2 unspecified atom stereocenters. The number of nitrogens with one attached hydrogen (secondary N) is 1. The molecule has 0 radical (unpaired) electrons. The molecule has 0 aromatic heterocycles. The molecule has 0 saturated heterocycles. The molecule has 0 aliphatic heterocycles. The van der Waals surface area contributed by atoms with Crippen LogP contribution in [-0.2, 0) is 11.2 Å². The zero-order chi connectivity index (χ0) is 14.3. The van der Waals surface area contributed by atoms with Gasteiger partial charge in [0.2, 0.25) is 0 Å². The Kier molecular flexibility index (Phi) is 7.00. The molecule has 3 nitrogen and oxygen atoms in total. The number of hydrogen-bond donors (Lipinski definition) is 2. The molecule has 0 bridgehead atoms. The van der Waals surface area contributed by atoms with Crippen LogP contribution in [-0.4, -0.2) is 37.0 Å². The van der Waals surface area contributed by atoms with E-state index in [0.29, 0.717) is 25.6 Å². The van der Waals surface area contributed by atoms with E-state index >= 15 is 0 Å². The molecule has 1 aromatic rings. The monoisotopic (exact) mass is 329 g/mol. The molecule has 0 aliphatic carbocycles. The van der Waals surface area contributed by atoms with Gasteiger partial charge in [-0.25, -0.2) is 0 Å². The molecule has 0 saturated carbocycles. The summed E-state index contributed by atoms with van der Waals surface area (Å²) in [4.78, 5) is 0. The van der Waals surface area contributed by atoms with Crippen molar-refractivity contribution in [3.63, 3.8) is 0 Å². The van der Waals surface area contributed by atoms with Crippen molar-refractivity contribution < 1.29 is 9.84 Å². The van der Waals surface area contributed by atoms with Crippen LogP contribution in [0.1, 0.15) is 25.8 Å². The van der Waals surface area contributed by atoms with Crippen LogP contribution in [0, 0.1) is 0 Å². The lowest BCUT2D eigenvalue weighted by atomic mass is 10.0. The zero-order valence-electron chi connectivity index (χ0n) is 11.9. The van der Waals surface area contributed by atoms with E-state index in [0.717, 1.165) is 10.9 Å². The van der Waals surface area contributed by atoms with E-state index in [2.05, 4.69) is 52.4 Å². The molecule has 1 aromatic carbocycles. The quantitative estimate of drug-likeness (QED) is 0.770. The van der Waals surface area contributed by atoms with Crippen LogP contribution in [0.5, 0.6) is 0 Å². The summed E-state index contributed by atoms with van der Waals surface area (Å²) in [6.45, 7) is 5.13. The van der Waals surface area contributed by atoms with Gasteiger partial charge in [-0.2, -0.15) is 0 Å². The number of aliphatic hydroxyl groups is 1. The average molecular weight is 330 g/mol. The summed E-state index contributed by atoms with van der Waals surface area (Å²) in [6, 6.07) is 8.67. The molecule has 108 valence electrons. The summed E-state index contributed by atoms with van der Waals surface area (Å²) < 4.78 is 6.10. The van der Waals surface area contributed by atoms with Crippen LogP contribution in [0.25, 0.3) is 0 Å². The van der Waals surface area contributed by atoms with Gasteiger partial charge in [-0.3, -0.25) is 0 Å². The number of hydrogen-bond acceptors (Lipinski definition) is 3. The van der Waals surface area contributed by atoms with Gasteiger partial charge >= 0.3 is 0 Å². The lowest BCUT2D eigenvalue weighted by Gasteiger charge is -2.25. The Morgan fingerprint density at radius 1 is 1.37 bits per heavy atom. The van der Waals surface area contributed by atoms with Gasteiger partial charge in [0.15, 0.2) is 0 Å². The van der Waals surface area contributed by atoms with Gasteiger partial charge < -0.3 is 15.2 Å². The molecule has 19 heavy (non-hydrogen) atoms. The highest BCUT2D eigenvalue weighted by Crippen LogP contribution is 2.13. The minimum atomic E-state index is -0.718. The molecule has 2 atom stereocenters. The van der Waals surface area contributed by atoms with E-state index in [4.69, 9.17) is 4.74 Å². The SMILES string of the molecule is COCCC(C)(O)CNC(C)Cc1ccc(Br)cc1. The fourth-order valence-corrected chi connectivity index (χ4v) is 2.11. The lowest BCUT2D eigenvalue weighted by Crippen LogP contribution is -2.42. The smallest absolute Gasteiger partial charge is 0.0765 e. The first-order valence-electron chi connectivity index (χ1n) is 6.62. The van der Waals surface area contributed by atoms with Gasteiger partial charge in [-0.15, -0.1) is 0 Å². The van der Waals surface area contributed by atoms with E-state index in [-0.39, 0.29) is 0 Å². The van der Waals surface area contributed by atoms with Crippen molar-refractivity contribution >= 4 is 15.9 Å². The second-order valence-corrected chi connectivity index (χ2v) is 6.27. The third-order valence-corrected chi connectivity index (χ3v) is 3.66. The third kappa shape index (κ3) is 7.06. The fraction of sp³-hybridized carbons (Fsp3) is 0.600. The van der Waals surface area contributed by atoms with Crippen LogP contribution in [0.15, 0.2) is 28.7 Å². The predicted octanol–water partition coefficient (Wildman–Crippen LogP) is 2.76. The van der Waals surface area contributed by atoms with Crippen molar-refractivity contribution in [2.45, 2.75) is 38.3 Å². The summed E-state index contributed by atoms with van der Waals surface area (Å²) in [5.74, 6) is 0. The normalized spacial score (nSPS) is 16.1. The minimum Gasteiger partial charge on any atom is -0.389 e. The second-order valence-electron chi connectivity index (χ2n) is 5.35. The first-order valence-corrected chi connectivity index (χ1v) is 7.41. The minimum absolute atomic E-state index is 0.329. The van der Waals surface area contributed by atoms with Gasteiger partial charge in [0, 0.05) is 37.2 Å². The zero-order valence-corrected chi connectivity index (χ0v) is 13.5. The van der Waals surface area contributed by atoms with E-state index in [1.807, 2.05) is 6.92 Å². The third-order valence-electron chi connectivity index (χ3n) is 3.13. The summed E-state index contributed by atoms with van der Waals surface area (Å²) in [6.07, 6.45) is 1.59. The van der Waals surface area contributed by atoms with Crippen LogP contribution < -0.4 is 5.32 Å². The summed E-state index contributed by atoms with van der Waals surface area (Å²) in [5.41, 5.74) is 0.573. The van der Waals surface area contributed by atoms with Gasteiger partial charge in [-0.05, 0) is 38.0 Å². The first kappa shape index (κ1) is 16.6. The topological polar surface area (TPSA) is 41.5 Å². The maximum atomic E-state index is 10.1. The molecule has 0 aliphatic rings. The first-order chi connectivity index (χ1) is 8.93. The Balaban J connectivity index is 2.34. The van der Waals surface area contributed by atoms with Crippen LogP contribution in [0.3, 0.4) is 0 Å². The number of rotatable bonds is 8. The molecular weight excluding hydrogens is 306 g/mol. The Morgan fingerprint density at radius 3 is 2.58 bits per heavy atom. The fourth-order valence-electron chi connectivity index (χ4n) is 1.85. The van der Waals surface area contributed by atoms with E-state index in [1.54, 1.807) is 7.11 Å². The molecule has 4 heteroatoms. The van der Waals surface area contributed by atoms with Crippen molar-refractivity contribution in [2.75, 3.05) is 20.3 Å². The highest BCUT2D eigenvalue weighted by molar-refractivity contribution is 9.10. The Morgan fingerprint density at radius 2 is 2.00 bits per heavy atom. The van der Waals surface area contributed by atoms with Crippen LogP contribution in [0.4, 0.5) is 0 Å². The summed E-state index contributed by atoms with van der Waals surface area (Å²) in [5, 5.41) is 13.5. The second kappa shape index (κ2) is 8.00. The van der Waals surface area contributed by atoms with E-state index in [9.17, 15) is 5.11 Å². The molecule has 0 spiro atoms. The van der Waals surface area contributed by atoms with Crippen LogP contribution in [0.2, 0.25) is 0 Å². The molecule has 2 N–H and O–H groups in total. The van der Waals surface area contributed by atoms with Gasteiger partial charge in [-0.1, -0.05) is 28.1 Å². The average Bonchev–Trinajstić information content (AvgIpc) is 2.37. The van der Waals surface area contributed by atoms with E-state index < -0.39 is 5.60 Å². The largest absolute Gasteiger partial charge is 0.389 e. The number of methoxy groups -OCH3 is 1. The maximum Gasteiger partial charge on any atom is 0.0765 e. The lowest BCUT2D eigenvalue weighted by molar-refractivity contribution is 0.0231. The van der Waals surface area contributed by atoms with Crippen LogP contribution >= 0.6 is 15.9 Å². The Bertz CT molecular complexity index is 365. The van der Waals surface area contributed by atoms with Gasteiger partial charge in [0.1, 0.15) is 0 Å². The predicted molar refractivity (Wildman–Crippen MR) is 82.4 cm³/mol. The standard InChI is InChI=1S/C15H24BrNO2/c1-12(10-13-4-6-14(16)7-5-13)17-11-15(2,18)8-9-19-3/h4-7,12,17-18H,8-11H2,1-3H3. The molecule has 0 amide bonds. The molecule has 1 rings (SSSR count). The van der Waals surface area contributed by atoms with Crippen molar-refractivity contribution in [1.82, 2.24) is 5.32 Å². The number of halogens is 1. The number of benzene rings is 1. The summed E-state index contributed by atoms with van der Waals surface area (Å²) >= 11 is 3.43. The van der Waals surface area contributed by atoms with Gasteiger partial charge in [0.25, 0.3) is 0 Å². The summed E-state index contributed by atoms with van der Waals surface area (Å²) in [7, 11) is 1.65.